The third kappa shape index (κ3) is 50.0. The van der Waals surface area contributed by atoms with E-state index in [2.05, 4.69) is 74.7 Å². The number of allylic oxidation sites excluding steroid dienone is 8. The highest BCUT2D eigenvalue weighted by Gasteiger charge is 2.24. The molecular formula is C61H113NO5. The summed E-state index contributed by atoms with van der Waals surface area (Å²) in [4.78, 5) is 26.3. The van der Waals surface area contributed by atoms with Gasteiger partial charge in [0.2, 0.25) is 5.91 Å². The van der Waals surface area contributed by atoms with Gasteiger partial charge in [0.15, 0.2) is 0 Å². The topological polar surface area (TPSA) is 95.9 Å². The maximum absolute atomic E-state index is 13.3. The minimum absolute atomic E-state index is 0.0396. The number of hydrogen-bond donors (Lipinski definition) is 3. The Bertz CT molecular complexity index is 1150. The number of aliphatic hydroxyl groups is 2. The van der Waals surface area contributed by atoms with Crippen LogP contribution in [0.3, 0.4) is 0 Å². The van der Waals surface area contributed by atoms with Gasteiger partial charge in [-0.25, -0.2) is 0 Å². The van der Waals surface area contributed by atoms with Crippen LogP contribution in [-0.4, -0.2) is 46.9 Å². The fourth-order valence-electron chi connectivity index (χ4n) is 8.95. The van der Waals surface area contributed by atoms with E-state index in [9.17, 15) is 19.8 Å². The summed E-state index contributed by atoms with van der Waals surface area (Å²) in [5, 5.41) is 23.9. The molecule has 0 rings (SSSR count). The summed E-state index contributed by atoms with van der Waals surface area (Å²) < 4.78 is 5.93. The first kappa shape index (κ1) is 64.8. The molecule has 1 amide bonds. The van der Waals surface area contributed by atoms with Gasteiger partial charge in [0.1, 0.15) is 6.10 Å². The van der Waals surface area contributed by atoms with Crippen molar-refractivity contribution in [2.24, 2.45) is 0 Å². The van der Waals surface area contributed by atoms with Crippen LogP contribution in [0.4, 0.5) is 0 Å². The molecule has 0 aliphatic heterocycles. The molecule has 3 atom stereocenters. The highest BCUT2D eigenvalue weighted by atomic mass is 16.5. The van der Waals surface area contributed by atoms with Gasteiger partial charge in [-0.3, -0.25) is 9.59 Å². The van der Waals surface area contributed by atoms with Crippen molar-refractivity contribution in [1.82, 2.24) is 5.32 Å². The van der Waals surface area contributed by atoms with Crippen molar-refractivity contribution in [3.05, 3.63) is 48.6 Å². The molecule has 0 saturated carbocycles. The monoisotopic (exact) mass is 940 g/mol. The molecule has 3 unspecified atom stereocenters. The summed E-state index contributed by atoms with van der Waals surface area (Å²) in [6.45, 7) is 6.49. The van der Waals surface area contributed by atoms with Gasteiger partial charge < -0.3 is 20.3 Å². The van der Waals surface area contributed by atoms with Crippen LogP contribution in [0.2, 0.25) is 0 Å². The molecule has 0 bridgehead atoms. The fraction of sp³-hybridized carbons (Fsp3) is 0.836. The lowest BCUT2D eigenvalue weighted by Gasteiger charge is -2.24. The van der Waals surface area contributed by atoms with Crippen LogP contribution in [0.15, 0.2) is 48.6 Å². The Labute approximate surface area is 416 Å². The number of aliphatic hydroxyl groups excluding tert-OH is 2. The molecule has 3 N–H and O–H groups in total. The van der Waals surface area contributed by atoms with Crippen molar-refractivity contribution >= 4 is 11.9 Å². The van der Waals surface area contributed by atoms with Gasteiger partial charge in [0.25, 0.3) is 0 Å². The van der Waals surface area contributed by atoms with E-state index in [0.717, 1.165) is 77.0 Å². The fourth-order valence-corrected chi connectivity index (χ4v) is 8.95. The summed E-state index contributed by atoms with van der Waals surface area (Å²) in [6, 6.07) is -0.720. The highest BCUT2D eigenvalue weighted by molar-refractivity contribution is 5.77. The molecule has 0 radical (unpaired) electrons. The van der Waals surface area contributed by atoms with E-state index < -0.39 is 18.2 Å². The molecule has 0 fully saturated rings. The van der Waals surface area contributed by atoms with Gasteiger partial charge >= 0.3 is 5.97 Å². The number of unbranched alkanes of at least 4 members (excludes halogenated alkanes) is 35. The molecule has 67 heavy (non-hydrogen) atoms. The second kappa shape index (κ2) is 54.8. The average molecular weight is 941 g/mol. The molecule has 0 saturated heterocycles. The predicted molar refractivity (Wildman–Crippen MR) is 292 cm³/mol. The minimum atomic E-state index is -0.803. The van der Waals surface area contributed by atoms with Gasteiger partial charge in [-0.15, -0.1) is 0 Å². The number of nitrogens with one attached hydrogen (secondary N) is 1. The molecule has 0 aliphatic carbocycles. The maximum atomic E-state index is 13.3. The van der Waals surface area contributed by atoms with E-state index in [1.54, 1.807) is 0 Å². The summed E-state index contributed by atoms with van der Waals surface area (Å²) >= 11 is 0. The zero-order valence-electron chi connectivity index (χ0n) is 44.8. The lowest BCUT2D eigenvalue weighted by atomic mass is 10.0. The zero-order valence-corrected chi connectivity index (χ0v) is 44.8. The number of rotatable bonds is 53. The zero-order chi connectivity index (χ0) is 48.8. The molecule has 6 heteroatoms. The molecule has 0 aliphatic rings. The number of ether oxygens (including phenoxy) is 1. The lowest BCUT2D eigenvalue weighted by Crippen LogP contribution is -2.46. The Balaban J connectivity index is 4.59. The SMILES string of the molecule is CCCCCCCCC/C=C/C=C/CCCCCCCC(=O)OC(CCC/C=C/C=C/CCCCCCCCC)CC(=O)NC(CO)C(O)CCCCCCCCCCCCCCCCCC. The molecule has 0 aromatic heterocycles. The van der Waals surface area contributed by atoms with Crippen LogP contribution in [-0.2, 0) is 14.3 Å². The largest absolute Gasteiger partial charge is 0.462 e. The van der Waals surface area contributed by atoms with Crippen LogP contribution in [0.25, 0.3) is 0 Å². The first-order chi connectivity index (χ1) is 33.0. The van der Waals surface area contributed by atoms with Crippen LogP contribution < -0.4 is 5.32 Å². The van der Waals surface area contributed by atoms with Crippen LogP contribution in [0.1, 0.15) is 303 Å². The van der Waals surface area contributed by atoms with Gasteiger partial charge in [-0.1, -0.05) is 268 Å². The average Bonchev–Trinajstić information content (AvgIpc) is 3.32. The molecular weight excluding hydrogens is 827 g/mol. The first-order valence-corrected chi connectivity index (χ1v) is 29.4. The quantitative estimate of drug-likeness (QED) is 0.0321. The van der Waals surface area contributed by atoms with Gasteiger partial charge in [0, 0.05) is 6.42 Å². The predicted octanol–water partition coefficient (Wildman–Crippen LogP) is 18.2. The van der Waals surface area contributed by atoms with Crippen molar-refractivity contribution in [2.75, 3.05) is 6.61 Å². The number of esters is 1. The van der Waals surface area contributed by atoms with Crippen molar-refractivity contribution in [2.45, 2.75) is 322 Å². The normalized spacial score (nSPS) is 13.4. The molecule has 392 valence electrons. The number of carbonyl (C=O) groups excluding carboxylic acids is 2. The van der Waals surface area contributed by atoms with Crippen LogP contribution in [0, 0.1) is 0 Å². The van der Waals surface area contributed by atoms with Crippen molar-refractivity contribution in [3.63, 3.8) is 0 Å². The summed E-state index contributed by atoms with van der Waals surface area (Å²) in [5.41, 5.74) is 0. The second-order valence-electron chi connectivity index (χ2n) is 20.1. The summed E-state index contributed by atoms with van der Waals surface area (Å²) in [6.07, 6.45) is 67.5. The molecule has 6 nitrogen and oxygen atoms in total. The van der Waals surface area contributed by atoms with E-state index in [4.69, 9.17) is 4.74 Å². The minimum Gasteiger partial charge on any atom is -0.462 e. The molecule has 0 aromatic rings. The Morgan fingerprint density at radius 3 is 1.13 bits per heavy atom. The smallest absolute Gasteiger partial charge is 0.306 e. The number of amides is 1. The first-order valence-electron chi connectivity index (χ1n) is 29.4. The Hall–Kier alpha value is -2.18. The van der Waals surface area contributed by atoms with E-state index in [1.165, 1.54) is 180 Å². The highest BCUT2D eigenvalue weighted by Crippen LogP contribution is 2.18. The summed E-state index contributed by atoms with van der Waals surface area (Å²) in [7, 11) is 0. The van der Waals surface area contributed by atoms with Crippen molar-refractivity contribution in [3.8, 4) is 0 Å². The number of hydrogen-bond acceptors (Lipinski definition) is 5. The van der Waals surface area contributed by atoms with E-state index >= 15 is 0 Å². The van der Waals surface area contributed by atoms with Gasteiger partial charge in [-0.2, -0.15) is 0 Å². The van der Waals surface area contributed by atoms with E-state index in [0.29, 0.717) is 19.3 Å². The molecule has 0 aromatic carbocycles. The second-order valence-corrected chi connectivity index (χ2v) is 20.1. The standard InChI is InChI=1S/C61H113NO5/c1-4-7-10-13-16-19-22-25-28-30-31-33-36-39-42-45-48-51-54-61(66)67-57(52-49-46-43-40-37-34-27-24-21-18-15-12-9-6-3)55-60(65)62-58(56-63)59(64)53-50-47-44-41-38-35-32-29-26-23-20-17-14-11-8-5-2/h28,30-31,33-34,37,40,43,57-59,63-64H,4-27,29,32,35-36,38-39,41-42,44-56H2,1-3H3,(H,62,65)/b30-28+,33-31+,37-34+,43-40+. The van der Waals surface area contributed by atoms with Crippen molar-refractivity contribution < 1.29 is 24.5 Å². The van der Waals surface area contributed by atoms with Gasteiger partial charge in [-0.05, 0) is 70.6 Å². The molecule has 0 heterocycles. The van der Waals surface area contributed by atoms with E-state index in [1.807, 2.05) is 0 Å². The third-order valence-electron chi connectivity index (χ3n) is 13.4. The Morgan fingerprint density at radius 2 is 0.761 bits per heavy atom. The van der Waals surface area contributed by atoms with Crippen LogP contribution in [0.5, 0.6) is 0 Å². The lowest BCUT2D eigenvalue weighted by molar-refractivity contribution is -0.151. The van der Waals surface area contributed by atoms with Crippen LogP contribution >= 0.6 is 0 Å². The van der Waals surface area contributed by atoms with Gasteiger partial charge in [0.05, 0.1) is 25.2 Å². The van der Waals surface area contributed by atoms with Crippen molar-refractivity contribution in [1.29, 1.82) is 0 Å². The number of carbonyl (C=O) groups is 2. The van der Waals surface area contributed by atoms with E-state index in [-0.39, 0.29) is 24.9 Å². The Morgan fingerprint density at radius 1 is 0.433 bits per heavy atom. The maximum Gasteiger partial charge on any atom is 0.306 e. The summed E-state index contributed by atoms with van der Waals surface area (Å²) in [5.74, 6) is -0.528. The third-order valence-corrected chi connectivity index (χ3v) is 13.4. The Kier molecular flexibility index (Phi) is 53.0. The molecule has 0 spiro atoms.